The number of hydrogen-bond acceptors (Lipinski definition) is 6. The summed E-state index contributed by atoms with van der Waals surface area (Å²) in [7, 11) is 0. The molecule has 5 rings (SSSR count). The molecule has 0 aliphatic heterocycles. The Labute approximate surface area is 221 Å². The summed E-state index contributed by atoms with van der Waals surface area (Å²) in [6.07, 6.45) is 4.11. The van der Waals surface area contributed by atoms with Gasteiger partial charge < -0.3 is 11.5 Å². The summed E-state index contributed by atoms with van der Waals surface area (Å²) >= 11 is 6.19. The lowest BCUT2D eigenvalue weighted by molar-refractivity contribution is 0.482. The van der Waals surface area contributed by atoms with Crippen LogP contribution in [0.4, 0.5) is 24.8 Å². The van der Waals surface area contributed by atoms with Crippen molar-refractivity contribution in [2.75, 3.05) is 11.5 Å². The third-order valence-corrected chi connectivity index (χ3v) is 6.44. The van der Waals surface area contributed by atoms with E-state index in [1.54, 1.807) is 24.4 Å². The molecule has 0 atom stereocenters. The van der Waals surface area contributed by atoms with E-state index >= 15 is 0 Å². The van der Waals surface area contributed by atoms with Gasteiger partial charge in [0.1, 0.15) is 17.5 Å². The fourth-order valence-corrected chi connectivity index (χ4v) is 4.39. The number of hydrogen-bond donors (Lipinski definition) is 2. The molecule has 3 heterocycles. The summed E-state index contributed by atoms with van der Waals surface area (Å²) in [6.45, 7) is 5.01. The van der Waals surface area contributed by atoms with Gasteiger partial charge in [-0.15, -0.1) is 0 Å². The predicted octanol–water partition coefficient (Wildman–Crippen LogP) is 5.55. The summed E-state index contributed by atoms with van der Waals surface area (Å²) in [5.41, 5.74) is 14.0. The molecule has 0 bridgehead atoms. The van der Waals surface area contributed by atoms with Crippen molar-refractivity contribution in [3.8, 4) is 17.1 Å². The minimum atomic E-state index is -1.28. The molecule has 3 aromatic heterocycles. The van der Waals surface area contributed by atoms with Gasteiger partial charge in [-0.25, -0.2) is 13.2 Å². The van der Waals surface area contributed by atoms with E-state index in [2.05, 4.69) is 34.0 Å². The zero-order valence-electron chi connectivity index (χ0n) is 20.6. The number of benzene rings is 2. The maximum absolute atomic E-state index is 14.4. The van der Waals surface area contributed by atoms with Gasteiger partial charge in [-0.2, -0.15) is 24.8 Å². The molecule has 2 aromatic carbocycles. The van der Waals surface area contributed by atoms with Crippen LogP contribution in [0.3, 0.4) is 0 Å². The highest BCUT2D eigenvalue weighted by atomic mass is 35.5. The van der Waals surface area contributed by atoms with Crippen LogP contribution in [0, 0.1) is 23.4 Å². The van der Waals surface area contributed by atoms with Crippen molar-refractivity contribution in [2.45, 2.75) is 33.2 Å². The van der Waals surface area contributed by atoms with Crippen molar-refractivity contribution >= 4 is 34.1 Å². The second kappa shape index (κ2) is 9.97. The number of nitrogens with two attached hydrogens (primary N) is 2. The lowest BCUT2D eigenvalue weighted by Gasteiger charge is -2.09. The van der Waals surface area contributed by atoms with Gasteiger partial charge in [-0.3, -0.25) is 4.68 Å². The van der Waals surface area contributed by atoms with Crippen LogP contribution >= 0.6 is 11.6 Å². The lowest BCUT2D eigenvalue weighted by Crippen LogP contribution is -2.10. The standard InChI is InChI=1S/C26H24ClF3N8/c1-13(2)7-8-37-12-14(11-33-37)22-24(31)34-26(35-25(22)32)38-21-6-3-15(27)9-17(21)20(36-38)10-16-18(28)4-5-19(29)23(16)30/h3-6,9,11-13H,7-8,10H2,1-2H3,(H4,31,32,34,35). The normalized spacial score (nSPS) is 11.7. The highest BCUT2D eigenvalue weighted by Gasteiger charge is 2.22. The van der Waals surface area contributed by atoms with Crippen molar-refractivity contribution in [1.82, 2.24) is 29.5 Å². The number of halogens is 4. The van der Waals surface area contributed by atoms with Crippen LogP contribution in [0.5, 0.6) is 0 Å². The van der Waals surface area contributed by atoms with Crippen LogP contribution in [0.25, 0.3) is 28.0 Å². The SMILES string of the molecule is CC(C)CCn1cc(-c2c(N)nc(-n3nc(Cc4c(F)ccc(F)c4F)c4cc(Cl)ccc43)nc2N)cn1. The van der Waals surface area contributed by atoms with E-state index in [4.69, 9.17) is 23.1 Å². The first-order valence-corrected chi connectivity index (χ1v) is 12.3. The largest absolute Gasteiger partial charge is 0.383 e. The Kier molecular flexibility index (Phi) is 6.70. The minimum Gasteiger partial charge on any atom is -0.383 e. The maximum Gasteiger partial charge on any atom is 0.255 e. The van der Waals surface area contributed by atoms with E-state index in [0.717, 1.165) is 25.1 Å². The highest BCUT2D eigenvalue weighted by molar-refractivity contribution is 6.31. The zero-order valence-corrected chi connectivity index (χ0v) is 21.3. The lowest BCUT2D eigenvalue weighted by atomic mass is 10.1. The number of nitrogens with zero attached hydrogens (tertiary/aromatic N) is 6. The Morgan fingerprint density at radius 2 is 1.71 bits per heavy atom. The summed E-state index contributed by atoms with van der Waals surface area (Å²) in [4.78, 5) is 8.83. The van der Waals surface area contributed by atoms with Gasteiger partial charge in [-0.05, 0) is 42.7 Å². The molecular weight excluding hydrogens is 517 g/mol. The molecule has 0 saturated heterocycles. The van der Waals surface area contributed by atoms with E-state index in [0.29, 0.717) is 33.0 Å². The molecule has 0 spiro atoms. The first kappa shape index (κ1) is 25.5. The molecule has 0 unspecified atom stereocenters. The predicted molar refractivity (Wildman–Crippen MR) is 140 cm³/mol. The van der Waals surface area contributed by atoms with Gasteiger partial charge in [0.15, 0.2) is 11.6 Å². The van der Waals surface area contributed by atoms with Gasteiger partial charge in [0.2, 0.25) is 0 Å². The molecule has 0 amide bonds. The second-order valence-electron chi connectivity index (χ2n) is 9.36. The van der Waals surface area contributed by atoms with Crippen molar-refractivity contribution in [3.05, 3.63) is 76.5 Å². The Morgan fingerprint density at radius 3 is 2.42 bits per heavy atom. The highest BCUT2D eigenvalue weighted by Crippen LogP contribution is 2.32. The summed E-state index contributed by atoms with van der Waals surface area (Å²) < 4.78 is 45.8. The fourth-order valence-electron chi connectivity index (χ4n) is 4.21. The number of rotatable bonds is 7. The van der Waals surface area contributed by atoms with Gasteiger partial charge in [0.05, 0.1) is 23.0 Å². The molecular formula is C26H24ClF3N8. The van der Waals surface area contributed by atoms with Crippen molar-refractivity contribution in [1.29, 1.82) is 0 Å². The third kappa shape index (κ3) is 4.76. The van der Waals surface area contributed by atoms with E-state index in [1.165, 1.54) is 4.68 Å². The van der Waals surface area contributed by atoms with Crippen molar-refractivity contribution < 1.29 is 13.2 Å². The Hall–Kier alpha value is -4.12. The van der Waals surface area contributed by atoms with Crippen LogP contribution in [0.15, 0.2) is 42.7 Å². The van der Waals surface area contributed by atoms with Gasteiger partial charge in [0.25, 0.3) is 5.95 Å². The van der Waals surface area contributed by atoms with Gasteiger partial charge in [0, 0.05) is 40.7 Å². The quantitative estimate of drug-likeness (QED) is 0.262. The minimum absolute atomic E-state index is 0.0507. The van der Waals surface area contributed by atoms with Crippen LogP contribution in [0.2, 0.25) is 5.02 Å². The van der Waals surface area contributed by atoms with Gasteiger partial charge >= 0.3 is 0 Å². The average molecular weight is 541 g/mol. The van der Waals surface area contributed by atoms with Crippen LogP contribution in [-0.2, 0) is 13.0 Å². The Bertz CT molecular complexity index is 1640. The van der Waals surface area contributed by atoms with E-state index in [9.17, 15) is 13.2 Å². The van der Waals surface area contributed by atoms with Crippen LogP contribution in [0.1, 0.15) is 31.5 Å². The average Bonchev–Trinajstić information content (AvgIpc) is 3.47. The maximum atomic E-state index is 14.4. The smallest absolute Gasteiger partial charge is 0.255 e. The second-order valence-corrected chi connectivity index (χ2v) is 9.80. The number of aromatic nitrogens is 6. The molecule has 0 fully saturated rings. The summed E-state index contributed by atoms with van der Waals surface area (Å²) in [6, 6.07) is 6.49. The summed E-state index contributed by atoms with van der Waals surface area (Å²) in [5.74, 6) is -2.54. The molecule has 196 valence electrons. The molecule has 0 aliphatic rings. The zero-order chi connectivity index (χ0) is 27.1. The molecule has 0 radical (unpaired) electrons. The van der Waals surface area contributed by atoms with E-state index in [1.807, 2.05) is 10.9 Å². The third-order valence-electron chi connectivity index (χ3n) is 6.20. The number of anilines is 2. The van der Waals surface area contributed by atoms with E-state index < -0.39 is 23.0 Å². The summed E-state index contributed by atoms with van der Waals surface area (Å²) in [5, 5.41) is 9.72. The van der Waals surface area contributed by atoms with Crippen molar-refractivity contribution in [3.63, 3.8) is 0 Å². The molecule has 38 heavy (non-hydrogen) atoms. The molecule has 4 N–H and O–H groups in total. The number of fused-ring (bicyclic) bond motifs is 1. The van der Waals surface area contributed by atoms with E-state index in [-0.39, 0.29) is 29.7 Å². The topological polar surface area (TPSA) is 113 Å². The molecule has 5 aromatic rings. The molecule has 0 saturated carbocycles. The monoisotopic (exact) mass is 540 g/mol. The molecule has 12 heteroatoms. The Morgan fingerprint density at radius 1 is 1.00 bits per heavy atom. The number of nitrogen functional groups attached to an aromatic ring is 2. The van der Waals surface area contributed by atoms with Crippen molar-refractivity contribution in [2.24, 2.45) is 5.92 Å². The van der Waals surface area contributed by atoms with Gasteiger partial charge in [-0.1, -0.05) is 25.4 Å². The fraction of sp³-hybridized carbons (Fsp3) is 0.231. The first-order valence-electron chi connectivity index (χ1n) is 11.9. The van der Waals surface area contributed by atoms with Crippen LogP contribution < -0.4 is 11.5 Å². The van der Waals surface area contributed by atoms with Crippen LogP contribution in [-0.4, -0.2) is 29.5 Å². The Balaban J connectivity index is 1.57. The first-order chi connectivity index (χ1) is 18.1. The molecule has 0 aliphatic carbocycles. The molecule has 8 nitrogen and oxygen atoms in total. The number of aryl methyl sites for hydroxylation is 1.